The number of carbonyl (C=O) groups is 1. The van der Waals surface area contributed by atoms with Crippen molar-refractivity contribution >= 4 is 22.0 Å². The molecule has 1 rings (SSSR count). The lowest BCUT2D eigenvalue weighted by Crippen LogP contribution is -2.40. The third kappa shape index (κ3) is 4.09. The van der Waals surface area contributed by atoms with E-state index < -0.39 is 27.9 Å². The van der Waals surface area contributed by atoms with Gasteiger partial charge in [0.05, 0.1) is 6.42 Å². The Labute approximate surface area is 108 Å². The highest BCUT2D eigenvalue weighted by Crippen LogP contribution is 2.21. The van der Waals surface area contributed by atoms with Gasteiger partial charge in [-0.3, -0.25) is 4.79 Å². The highest BCUT2D eigenvalue weighted by molar-refractivity contribution is 7.90. The van der Waals surface area contributed by atoms with Gasteiger partial charge >= 0.3 is 15.5 Å². The highest BCUT2D eigenvalue weighted by Gasteiger charge is 2.46. The van der Waals surface area contributed by atoms with Crippen molar-refractivity contribution in [2.45, 2.75) is 11.9 Å². The normalized spacial score (nSPS) is 11.9. The Bertz CT molecular complexity index is 593. The van der Waals surface area contributed by atoms with Gasteiger partial charge in [-0.1, -0.05) is 36.9 Å². The summed E-state index contributed by atoms with van der Waals surface area (Å²) < 4.78 is 58.5. The first-order valence-corrected chi connectivity index (χ1v) is 6.47. The number of benzene rings is 1. The van der Waals surface area contributed by atoms with Gasteiger partial charge in [0.1, 0.15) is 0 Å². The molecule has 0 aliphatic carbocycles. The lowest BCUT2D eigenvalue weighted by molar-refractivity contribution is -0.119. The molecule has 0 aliphatic heterocycles. The molecule has 104 valence electrons. The number of hydrogen-bond acceptors (Lipinski definition) is 3. The summed E-state index contributed by atoms with van der Waals surface area (Å²) in [7, 11) is -5.65. The van der Waals surface area contributed by atoms with Crippen LogP contribution in [0.25, 0.3) is 6.08 Å². The van der Waals surface area contributed by atoms with Gasteiger partial charge in [0.25, 0.3) is 0 Å². The van der Waals surface area contributed by atoms with E-state index in [1.165, 1.54) is 18.2 Å². The quantitative estimate of drug-likeness (QED) is 0.921. The molecule has 1 aromatic rings. The molecule has 1 amide bonds. The minimum atomic E-state index is -5.65. The van der Waals surface area contributed by atoms with Gasteiger partial charge in [0.2, 0.25) is 5.91 Å². The SMILES string of the molecule is C=Cc1cccc(CC(=O)NS(=O)(=O)C(F)(F)F)c1. The number of nitrogens with one attached hydrogen (secondary N) is 1. The number of amides is 1. The summed E-state index contributed by atoms with van der Waals surface area (Å²) in [5, 5.41) is 0. The predicted molar refractivity (Wildman–Crippen MR) is 63.4 cm³/mol. The second-order valence-electron chi connectivity index (χ2n) is 3.60. The van der Waals surface area contributed by atoms with Gasteiger partial charge in [-0.25, -0.2) is 4.72 Å². The standard InChI is InChI=1S/C11H10F3NO3S/c1-2-8-4-3-5-9(6-8)7-10(16)15-19(17,18)11(12,13)14/h2-6H,1,7H2,(H,15,16). The van der Waals surface area contributed by atoms with Crippen LogP contribution in [0.5, 0.6) is 0 Å². The molecule has 0 aromatic heterocycles. The van der Waals surface area contributed by atoms with E-state index in [4.69, 9.17) is 0 Å². The molecule has 0 saturated heterocycles. The van der Waals surface area contributed by atoms with Gasteiger partial charge in [0, 0.05) is 0 Å². The molecule has 0 atom stereocenters. The van der Waals surface area contributed by atoms with E-state index >= 15 is 0 Å². The molecule has 8 heteroatoms. The Morgan fingerprint density at radius 3 is 2.53 bits per heavy atom. The summed E-state index contributed by atoms with van der Waals surface area (Å²) >= 11 is 0. The molecule has 0 spiro atoms. The fourth-order valence-electron chi connectivity index (χ4n) is 1.26. The number of carbonyl (C=O) groups excluding carboxylic acids is 1. The largest absolute Gasteiger partial charge is 0.516 e. The fraction of sp³-hybridized carbons (Fsp3) is 0.182. The number of sulfonamides is 1. The highest BCUT2D eigenvalue weighted by atomic mass is 32.2. The van der Waals surface area contributed by atoms with Crippen LogP contribution in [0.2, 0.25) is 0 Å². The van der Waals surface area contributed by atoms with E-state index in [1.54, 1.807) is 12.1 Å². The topological polar surface area (TPSA) is 63.2 Å². The second kappa shape index (κ2) is 5.43. The maximum absolute atomic E-state index is 12.0. The van der Waals surface area contributed by atoms with Gasteiger partial charge in [0.15, 0.2) is 0 Å². The van der Waals surface area contributed by atoms with Gasteiger partial charge in [-0.15, -0.1) is 0 Å². The summed E-state index contributed by atoms with van der Waals surface area (Å²) in [5.41, 5.74) is -4.46. The minimum absolute atomic E-state index is 0.382. The Morgan fingerprint density at radius 1 is 1.37 bits per heavy atom. The van der Waals surface area contributed by atoms with Gasteiger partial charge in [-0.05, 0) is 11.1 Å². The van der Waals surface area contributed by atoms with E-state index in [2.05, 4.69) is 6.58 Å². The molecular formula is C11H10F3NO3S. The molecule has 0 fully saturated rings. The molecule has 19 heavy (non-hydrogen) atoms. The van der Waals surface area contributed by atoms with Crippen LogP contribution in [0.1, 0.15) is 11.1 Å². The first-order chi connectivity index (χ1) is 8.65. The van der Waals surface area contributed by atoms with E-state index in [0.717, 1.165) is 4.72 Å². The maximum Gasteiger partial charge on any atom is 0.516 e. The predicted octanol–water partition coefficient (Wildman–Crippen LogP) is 1.84. The smallest absolute Gasteiger partial charge is 0.274 e. The lowest BCUT2D eigenvalue weighted by atomic mass is 10.1. The molecule has 1 aromatic carbocycles. The fourth-order valence-corrected chi connectivity index (χ4v) is 1.75. The van der Waals surface area contributed by atoms with E-state index in [1.807, 2.05) is 0 Å². The van der Waals surface area contributed by atoms with Crippen LogP contribution >= 0.6 is 0 Å². The molecule has 0 unspecified atom stereocenters. The van der Waals surface area contributed by atoms with Gasteiger partial charge in [-0.2, -0.15) is 21.6 Å². The zero-order valence-corrected chi connectivity index (χ0v) is 10.4. The van der Waals surface area contributed by atoms with Crippen LogP contribution in [0.4, 0.5) is 13.2 Å². The molecule has 0 bridgehead atoms. The van der Waals surface area contributed by atoms with Crippen molar-refractivity contribution in [2.24, 2.45) is 0 Å². The van der Waals surface area contributed by atoms with Crippen LogP contribution in [0.3, 0.4) is 0 Å². The lowest BCUT2D eigenvalue weighted by Gasteiger charge is -2.09. The van der Waals surface area contributed by atoms with Crippen LogP contribution in [0.15, 0.2) is 30.8 Å². The summed E-state index contributed by atoms with van der Waals surface area (Å²) in [6, 6.07) is 6.28. The molecule has 4 nitrogen and oxygen atoms in total. The molecule has 0 heterocycles. The van der Waals surface area contributed by atoms with Crippen LogP contribution in [-0.2, 0) is 21.2 Å². The Balaban J connectivity index is 2.79. The monoisotopic (exact) mass is 293 g/mol. The average Bonchev–Trinajstić information content (AvgIpc) is 2.26. The van der Waals surface area contributed by atoms with Crippen LogP contribution < -0.4 is 4.72 Å². The first-order valence-electron chi connectivity index (χ1n) is 4.99. The maximum atomic E-state index is 12.0. The third-order valence-corrected chi connectivity index (χ3v) is 3.21. The number of halogens is 3. The van der Waals surface area contributed by atoms with E-state index in [0.29, 0.717) is 11.1 Å². The summed E-state index contributed by atoms with van der Waals surface area (Å²) in [6.07, 6.45) is 1.02. The number of rotatable bonds is 4. The van der Waals surface area contributed by atoms with Crippen molar-refractivity contribution in [3.8, 4) is 0 Å². The Kier molecular flexibility index (Phi) is 4.35. The molecule has 1 N–H and O–H groups in total. The zero-order chi connectivity index (χ0) is 14.7. The molecule has 0 aliphatic rings. The Morgan fingerprint density at radius 2 is 2.00 bits per heavy atom. The minimum Gasteiger partial charge on any atom is -0.274 e. The zero-order valence-electron chi connectivity index (χ0n) is 9.57. The first kappa shape index (κ1) is 15.2. The van der Waals surface area contributed by atoms with Crippen molar-refractivity contribution in [3.05, 3.63) is 42.0 Å². The van der Waals surface area contributed by atoms with Crippen molar-refractivity contribution < 1.29 is 26.4 Å². The van der Waals surface area contributed by atoms with Crippen molar-refractivity contribution in [3.63, 3.8) is 0 Å². The number of alkyl halides is 3. The summed E-state index contributed by atoms with van der Waals surface area (Å²) in [4.78, 5) is 11.3. The molecular weight excluding hydrogens is 283 g/mol. The Hall–Kier alpha value is -1.83. The van der Waals surface area contributed by atoms with Crippen LogP contribution in [0, 0.1) is 0 Å². The average molecular weight is 293 g/mol. The number of hydrogen-bond donors (Lipinski definition) is 1. The third-order valence-electron chi connectivity index (χ3n) is 2.10. The second-order valence-corrected chi connectivity index (χ2v) is 5.27. The van der Waals surface area contributed by atoms with Crippen molar-refractivity contribution in [2.75, 3.05) is 0 Å². The van der Waals surface area contributed by atoms with Gasteiger partial charge < -0.3 is 0 Å². The van der Waals surface area contributed by atoms with E-state index in [9.17, 15) is 26.4 Å². The van der Waals surface area contributed by atoms with Crippen molar-refractivity contribution in [1.82, 2.24) is 4.72 Å². The van der Waals surface area contributed by atoms with Crippen molar-refractivity contribution in [1.29, 1.82) is 0 Å². The van der Waals surface area contributed by atoms with E-state index in [-0.39, 0.29) is 0 Å². The molecule has 0 radical (unpaired) electrons. The van der Waals surface area contributed by atoms with Crippen LogP contribution in [-0.4, -0.2) is 19.8 Å². The molecule has 0 saturated carbocycles. The summed E-state index contributed by atoms with van der Waals surface area (Å²) in [5.74, 6) is -1.25. The summed E-state index contributed by atoms with van der Waals surface area (Å²) in [6.45, 7) is 3.50.